The minimum Gasteiger partial charge on any atom is -0.369 e. The highest BCUT2D eigenvalue weighted by Gasteiger charge is 2.21. The molecular formula is C29H34N2O. The third-order valence-corrected chi connectivity index (χ3v) is 6.73. The van der Waals surface area contributed by atoms with Gasteiger partial charge in [-0.2, -0.15) is 0 Å². The lowest BCUT2D eigenvalue weighted by Gasteiger charge is -2.37. The number of hydrogen-bond donors (Lipinski definition) is 0. The zero-order valence-corrected chi connectivity index (χ0v) is 19.3. The molecule has 1 saturated heterocycles. The summed E-state index contributed by atoms with van der Waals surface area (Å²) in [4.78, 5) is 17.1. The van der Waals surface area contributed by atoms with Gasteiger partial charge in [0.15, 0.2) is 5.78 Å². The molecule has 1 heterocycles. The Labute approximate surface area is 192 Å². The fourth-order valence-corrected chi connectivity index (χ4v) is 4.84. The standard InChI is InChI=1S/C29H34N2O/c1-3-24-14-15-27(22-29(24)23(2)32)31-20-18-30(19-21-31)17-16-28(25-10-6-4-7-11-25)26-12-8-5-9-13-26/h4-15,22,28H,3,16-21H2,1-2H3. The lowest BCUT2D eigenvalue weighted by molar-refractivity contribution is 0.101. The van der Waals surface area contributed by atoms with E-state index < -0.39 is 0 Å². The van der Waals surface area contributed by atoms with Crippen LogP contribution in [0.25, 0.3) is 0 Å². The van der Waals surface area contributed by atoms with Gasteiger partial charge in [-0.25, -0.2) is 0 Å². The summed E-state index contributed by atoms with van der Waals surface area (Å²) in [6.07, 6.45) is 2.01. The number of aryl methyl sites for hydroxylation is 1. The van der Waals surface area contributed by atoms with Crippen LogP contribution in [0.5, 0.6) is 0 Å². The first-order valence-corrected chi connectivity index (χ1v) is 11.9. The van der Waals surface area contributed by atoms with Crippen LogP contribution in [0.3, 0.4) is 0 Å². The number of anilines is 1. The molecule has 0 spiro atoms. The third-order valence-electron chi connectivity index (χ3n) is 6.73. The molecule has 0 amide bonds. The minimum atomic E-state index is 0.162. The summed E-state index contributed by atoms with van der Waals surface area (Å²) >= 11 is 0. The van der Waals surface area contributed by atoms with Gasteiger partial charge >= 0.3 is 0 Å². The van der Waals surface area contributed by atoms with Gasteiger partial charge in [-0.05, 0) is 55.1 Å². The largest absolute Gasteiger partial charge is 0.369 e. The predicted molar refractivity (Wildman–Crippen MR) is 134 cm³/mol. The van der Waals surface area contributed by atoms with E-state index >= 15 is 0 Å². The van der Waals surface area contributed by atoms with Crippen LogP contribution in [0.4, 0.5) is 5.69 Å². The number of carbonyl (C=O) groups is 1. The maximum atomic E-state index is 12.1. The Bertz CT molecular complexity index is 968. The van der Waals surface area contributed by atoms with Crippen LogP contribution in [0.1, 0.15) is 53.2 Å². The fraction of sp³-hybridized carbons (Fsp3) is 0.345. The number of piperazine rings is 1. The van der Waals surface area contributed by atoms with Crippen molar-refractivity contribution in [2.24, 2.45) is 0 Å². The van der Waals surface area contributed by atoms with Crippen LogP contribution in [-0.4, -0.2) is 43.4 Å². The molecule has 0 bridgehead atoms. The van der Waals surface area contributed by atoms with Gasteiger partial charge in [0.2, 0.25) is 0 Å². The van der Waals surface area contributed by atoms with Gasteiger partial charge in [0, 0.05) is 43.3 Å². The van der Waals surface area contributed by atoms with Crippen LogP contribution >= 0.6 is 0 Å². The van der Waals surface area contributed by atoms with Crippen molar-refractivity contribution in [2.75, 3.05) is 37.6 Å². The van der Waals surface area contributed by atoms with Crippen molar-refractivity contribution in [3.63, 3.8) is 0 Å². The number of benzene rings is 3. The van der Waals surface area contributed by atoms with E-state index in [1.807, 2.05) is 0 Å². The lowest BCUT2D eigenvalue weighted by Crippen LogP contribution is -2.46. The maximum Gasteiger partial charge on any atom is 0.160 e. The van der Waals surface area contributed by atoms with Crippen molar-refractivity contribution in [1.82, 2.24) is 4.90 Å². The molecule has 0 aromatic heterocycles. The number of carbonyl (C=O) groups excluding carboxylic acids is 1. The molecular weight excluding hydrogens is 392 g/mol. The Morgan fingerprint density at radius 1 is 0.844 bits per heavy atom. The minimum absolute atomic E-state index is 0.162. The average molecular weight is 427 g/mol. The molecule has 0 atom stereocenters. The molecule has 3 aromatic rings. The Kier molecular flexibility index (Phi) is 7.39. The van der Waals surface area contributed by atoms with Crippen molar-refractivity contribution >= 4 is 11.5 Å². The van der Waals surface area contributed by atoms with E-state index in [0.29, 0.717) is 5.92 Å². The molecule has 0 N–H and O–H groups in total. The van der Waals surface area contributed by atoms with Crippen LogP contribution in [-0.2, 0) is 6.42 Å². The summed E-state index contributed by atoms with van der Waals surface area (Å²) < 4.78 is 0. The summed E-state index contributed by atoms with van der Waals surface area (Å²) in [7, 11) is 0. The molecule has 1 fully saturated rings. The predicted octanol–water partition coefficient (Wildman–Crippen LogP) is 5.80. The smallest absolute Gasteiger partial charge is 0.160 e. The Morgan fingerprint density at radius 3 is 1.97 bits per heavy atom. The zero-order chi connectivity index (χ0) is 22.3. The summed E-state index contributed by atoms with van der Waals surface area (Å²) in [6, 6.07) is 28.2. The van der Waals surface area contributed by atoms with Gasteiger partial charge in [0.1, 0.15) is 0 Å². The SMILES string of the molecule is CCc1ccc(N2CCN(CCC(c3ccccc3)c3ccccc3)CC2)cc1C(C)=O. The van der Waals surface area contributed by atoms with E-state index in [-0.39, 0.29) is 5.78 Å². The molecule has 4 rings (SSSR count). The molecule has 0 saturated carbocycles. The van der Waals surface area contributed by atoms with Crippen LogP contribution in [0.15, 0.2) is 78.9 Å². The van der Waals surface area contributed by atoms with Crippen molar-refractivity contribution in [1.29, 1.82) is 0 Å². The van der Waals surface area contributed by atoms with E-state index in [1.54, 1.807) is 6.92 Å². The van der Waals surface area contributed by atoms with E-state index in [0.717, 1.165) is 56.7 Å². The molecule has 3 heteroatoms. The highest BCUT2D eigenvalue weighted by atomic mass is 16.1. The van der Waals surface area contributed by atoms with E-state index in [4.69, 9.17) is 0 Å². The molecule has 0 radical (unpaired) electrons. The summed E-state index contributed by atoms with van der Waals surface area (Å²) in [6.45, 7) is 9.00. The monoisotopic (exact) mass is 426 g/mol. The molecule has 3 nitrogen and oxygen atoms in total. The molecule has 1 aliphatic rings. The van der Waals surface area contributed by atoms with Crippen LogP contribution in [0, 0.1) is 0 Å². The van der Waals surface area contributed by atoms with Crippen molar-refractivity contribution in [3.05, 3.63) is 101 Å². The normalized spacial score (nSPS) is 14.7. The number of Topliss-reactive ketones (excluding diaryl/α,β-unsaturated/α-hetero) is 1. The highest BCUT2D eigenvalue weighted by molar-refractivity contribution is 5.96. The van der Waals surface area contributed by atoms with E-state index in [9.17, 15) is 4.79 Å². The lowest BCUT2D eigenvalue weighted by atomic mass is 9.88. The second kappa shape index (κ2) is 10.6. The summed E-state index contributed by atoms with van der Waals surface area (Å²) in [5.74, 6) is 0.588. The number of nitrogens with zero attached hydrogens (tertiary/aromatic N) is 2. The molecule has 1 aliphatic heterocycles. The fourth-order valence-electron chi connectivity index (χ4n) is 4.84. The van der Waals surface area contributed by atoms with E-state index in [1.165, 1.54) is 16.8 Å². The van der Waals surface area contributed by atoms with E-state index in [2.05, 4.69) is 95.6 Å². The first kappa shape index (κ1) is 22.3. The molecule has 0 aliphatic carbocycles. The quantitative estimate of drug-likeness (QED) is 0.426. The molecule has 32 heavy (non-hydrogen) atoms. The Morgan fingerprint density at radius 2 is 1.44 bits per heavy atom. The van der Waals surface area contributed by atoms with Gasteiger partial charge in [0.05, 0.1) is 0 Å². The maximum absolute atomic E-state index is 12.1. The van der Waals surface area contributed by atoms with Crippen molar-refractivity contribution in [2.45, 2.75) is 32.6 Å². The van der Waals surface area contributed by atoms with Gasteiger partial charge < -0.3 is 4.90 Å². The van der Waals surface area contributed by atoms with Crippen molar-refractivity contribution < 1.29 is 4.79 Å². The zero-order valence-electron chi connectivity index (χ0n) is 19.3. The molecule has 3 aromatic carbocycles. The second-order valence-electron chi connectivity index (χ2n) is 8.74. The van der Waals surface area contributed by atoms with Gasteiger partial charge in [-0.3, -0.25) is 9.69 Å². The highest BCUT2D eigenvalue weighted by Crippen LogP contribution is 2.28. The molecule has 166 valence electrons. The topological polar surface area (TPSA) is 23.6 Å². The second-order valence-corrected chi connectivity index (χ2v) is 8.74. The third kappa shape index (κ3) is 5.28. The first-order chi connectivity index (χ1) is 15.7. The molecule has 0 unspecified atom stereocenters. The van der Waals surface area contributed by atoms with Gasteiger partial charge in [0.25, 0.3) is 0 Å². The van der Waals surface area contributed by atoms with Crippen LogP contribution < -0.4 is 4.90 Å². The Hall–Kier alpha value is -2.91. The van der Waals surface area contributed by atoms with Crippen LogP contribution in [0.2, 0.25) is 0 Å². The Balaban J connectivity index is 1.38. The number of rotatable bonds is 8. The number of ketones is 1. The number of hydrogen-bond acceptors (Lipinski definition) is 3. The first-order valence-electron chi connectivity index (χ1n) is 11.9. The van der Waals surface area contributed by atoms with Gasteiger partial charge in [-0.1, -0.05) is 73.7 Å². The average Bonchev–Trinajstić information content (AvgIpc) is 2.85. The summed E-state index contributed by atoms with van der Waals surface area (Å²) in [5.41, 5.74) is 5.99. The van der Waals surface area contributed by atoms with Crippen molar-refractivity contribution in [3.8, 4) is 0 Å². The van der Waals surface area contributed by atoms with Gasteiger partial charge in [-0.15, -0.1) is 0 Å². The summed E-state index contributed by atoms with van der Waals surface area (Å²) in [5, 5.41) is 0.